The van der Waals surface area contributed by atoms with Crippen molar-refractivity contribution < 1.29 is 43.1 Å². The molecule has 0 unspecified atom stereocenters. The lowest BCUT2D eigenvalue weighted by Crippen LogP contribution is -2.12. The summed E-state index contributed by atoms with van der Waals surface area (Å²) < 4.78 is 33.3. The highest BCUT2D eigenvalue weighted by molar-refractivity contribution is 6.37. The first-order valence-corrected chi connectivity index (χ1v) is 14.0. The van der Waals surface area contributed by atoms with Crippen LogP contribution in [0.15, 0.2) is 24.3 Å². The molecule has 3 N–H and O–H groups in total. The third-order valence-electron chi connectivity index (χ3n) is 7.82. The smallest absolute Gasteiger partial charge is 0.256 e. The van der Waals surface area contributed by atoms with Crippen molar-refractivity contribution >= 4 is 46.5 Å². The molecule has 0 fully saturated rings. The van der Waals surface area contributed by atoms with E-state index < -0.39 is 11.8 Å². The average Bonchev–Trinajstić information content (AvgIpc) is 3.49. The van der Waals surface area contributed by atoms with Crippen molar-refractivity contribution in [1.29, 1.82) is 0 Å². The number of hydrogen-bond donors (Lipinski definition) is 3. The van der Waals surface area contributed by atoms with Gasteiger partial charge < -0.3 is 44.2 Å². The normalized spacial score (nSPS) is 15.4. The predicted molar refractivity (Wildman–Crippen MR) is 172 cm³/mol. The van der Waals surface area contributed by atoms with Gasteiger partial charge in [0.2, 0.25) is 11.5 Å². The second-order valence-electron chi connectivity index (χ2n) is 11.4. The van der Waals surface area contributed by atoms with Gasteiger partial charge in [-0.1, -0.05) is 20.8 Å². The number of benzene rings is 3. The molecule has 2 aliphatic heterocycles. The van der Waals surface area contributed by atoms with Crippen LogP contribution in [0.3, 0.4) is 0 Å². The number of anilines is 2. The summed E-state index contributed by atoms with van der Waals surface area (Å²) in [4.78, 5) is 26.6. The highest BCUT2D eigenvalue weighted by atomic mass is 16.5. The number of fused-ring (bicyclic) bond motifs is 2. The number of hydrogen-bond acceptors (Lipinski definition) is 9. The fourth-order valence-corrected chi connectivity index (χ4v) is 5.57. The van der Waals surface area contributed by atoms with Crippen LogP contribution < -0.4 is 39.1 Å². The molecular formula is C34H36N2O9. The molecule has 11 heteroatoms. The molecule has 0 aliphatic carbocycles. The lowest BCUT2D eigenvalue weighted by atomic mass is 9.84. The molecule has 3 aromatic carbocycles. The SMILES string of the molecule is COc1cc2c(c(OC)c1OC)/C(=C/c1cc(C(C)(C)C)cc(/C=C3\C(=O)Nc4cc(OC)c(OC)c(OC)c43)c1O)C(=O)N2. The van der Waals surface area contributed by atoms with Gasteiger partial charge in [0.15, 0.2) is 23.0 Å². The molecule has 2 aliphatic rings. The minimum absolute atomic E-state index is 0.135. The summed E-state index contributed by atoms with van der Waals surface area (Å²) in [7, 11) is 8.91. The van der Waals surface area contributed by atoms with Gasteiger partial charge in [-0.3, -0.25) is 9.59 Å². The number of rotatable bonds is 8. The molecule has 0 atom stereocenters. The largest absolute Gasteiger partial charge is 0.507 e. The van der Waals surface area contributed by atoms with E-state index in [-0.39, 0.29) is 22.3 Å². The van der Waals surface area contributed by atoms with Crippen LogP contribution in [0.25, 0.3) is 23.3 Å². The van der Waals surface area contributed by atoms with Crippen LogP contribution in [0.1, 0.15) is 48.6 Å². The van der Waals surface area contributed by atoms with E-state index in [9.17, 15) is 14.7 Å². The number of phenols is 1. The van der Waals surface area contributed by atoms with Gasteiger partial charge in [0, 0.05) is 23.3 Å². The van der Waals surface area contributed by atoms with Gasteiger partial charge in [-0.2, -0.15) is 0 Å². The number of ether oxygens (including phenoxy) is 6. The average molecular weight is 617 g/mol. The molecule has 236 valence electrons. The number of methoxy groups -OCH3 is 6. The van der Waals surface area contributed by atoms with Crippen molar-refractivity contribution in [2.24, 2.45) is 0 Å². The Labute approximate surface area is 261 Å². The van der Waals surface area contributed by atoms with Gasteiger partial charge in [0.1, 0.15) is 5.75 Å². The Kier molecular flexibility index (Phi) is 8.05. The minimum atomic E-state index is -0.394. The molecule has 2 amide bonds. The van der Waals surface area contributed by atoms with E-state index >= 15 is 0 Å². The van der Waals surface area contributed by atoms with Crippen LogP contribution in [0.5, 0.6) is 40.2 Å². The van der Waals surface area contributed by atoms with Crippen LogP contribution >= 0.6 is 0 Å². The Morgan fingerprint density at radius 3 is 1.29 bits per heavy atom. The molecule has 0 aromatic heterocycles. The topological polar surface area (TPSA) is 134 Å². The fourth-order valence-electron chi connectivity index (χ4n) is 5.57. The van der Waals surface area contributed by atoms with Crippen molar-refractivity contribution in [3.63, 3.8) is 0 Å². The maximum atomic E-state index is 13.3. The highest BCUT2D eigenvalue weighted by Gasteiger charge is 2.35. The van der Waals surface area contributed by atoms with E-state index in [1.807, 2.05) is 32.9 Å². The van der Waals surface area contributed by atoms with Crippen molar-refractivity contribution in [2.75, 3.05) is 53.3 Å². The first-order valence-electron chi connectivity index (χ1n) is 14.0. The lowest BCUT2D eigenvalue weighted by Gasteiger charge is -2.22. The molecule has 0 saturated carbocycles. The molecule has 0 radical (unpaired) electrons. The summed E-state index contributed by atoms with van der Waals surface area (Å²) in [5.41, 5.74) is 3.62. The maximum absolute atomic E-state index is 13.3. The zero-order valence-electron chi connectivity index (χ0n) is 26.7. The van der Waals surface area contributed by atoms with Gasteiger partial charge in [0.25, 0.3) is 11.8 Å². The second-order valence-corrected chi connectivity index (χ2v) is 11.4. The monoisotopic (exact) mass is 616 g/mol. The van der Waals surface area contributed by atoms with Gasteiger partial charge >= 0.3 is 0 Å². The number of nitrogens with one attached hydrogen (secondary N) is 2. The van der Waals surface area contributed by atoms with E-state index in [1.165, 1.54) is 42.7 Å². The Morgan fingerprint density at radius 2 is 0.978 bits per heavy atom. The van der Waals surface area contributed by atoms with Crippen LogP contribution in [0.2, 0.25) is 0 Å². The van der Waals surface area contributed by atoms with Crippen molar-refractivity contribution in [3.8, 4) is 40.2 Å². The van der Waals surface area contributed by atoms with Crippen LogP contribution in [0.4, 0.5) is 11.4 Å². The number of amides is 2. The first-order chi connectivity index (χ1) is 21.4. The summed E-state index contributed by atoms with van der Waals surface area (Å²) in [6, 6.07) is 6.95. The Balaban J connectivity index is 1.75. The van der Waals surface area contributed by atoms with Gasteiger partial charge in [-0.15, -0.1) is 0 Å². The summed E-state index contributed by atoms with van der Waals surface area (Å²) in [6.45, 7) is 6.09. The fraction of sp³-hybridized carbons (Fsp3) is 0.294. The van der Waals surface area contributed by atoms with E-state index in [0.717, 1.165) is 5.56 Å². The zero-order valence-corrected chi connectivity index (χ0v) is 26.7. The van der Waals surface area contributed by atoms with Crippen LogP contribution in [-0.4, -0.2) is 59.6 Å². The maximum Gasteiger partial charge on any atom is 0.256 e. The molecule has 3 aromatic rings. The Hall–Kier alpha value is -5.32. The van der Waals surface area contributed by atoms with Gasteiger partial charge in [-0.05, 0) is 35.3 Å². The molecule has 0 spiro atoms. The standard InChI is InChI=1S/C34H36N2O9/c1-34(2,3)18-10-16(12-19-25-21(35-32(19)38)14-23(40-4)28(42-6)30(25)44-8)27(37)17(11-18)13-20-26-22(36-33(20)39)15-24(41-5)29(43-7)31(26)45-9/h10-15,37H,1-9H3,(H,35,38)(H,36,39)/b19-12-,20-13-. The number of aromatic hydroxyl groups is 1. The second kappa shape index (κ2) is 11.6. The molecule has 45 heavy (non-hydrogen) atoms. The van der Waals surface area contributed by atoms with Crippen molar-refractivity contribution in [3.05, 3.63) is 52.1 Å². The third-order valence-corrected chi connectivity index (χ3v) is 7.82. The van der Waals surface area contributed by atoms with Crippen molar-refractivity contribution in [1.82, 2.24) is 0 Å². The predicted octanol–water partition coefficient (Wildman–Crippen LogP) is 5.73. The first kappa shape index (κ1) is 31.1. The quantitative estimate of drug-likeness (QED) is 0.272. The van der Waals surface area contributed by atoms with E-state index in [1.54, 1.807) is 24.3 Å². The summed E-state index contributed by atoms with van der Waals surface area (Å²) in [6.07, 6.45) is 3.19. The summed E-state index contributed by atoms with van der Waals surface area (Å²) in [5.74, 6) is 1.12. The summed E-state index contributed by atoms with van der Waals surface area (Å²) >= 11 is 0. The minimum Gasteiger partial charge on any atom is -0.507 e. The Bertz CT molecular complexity index is 1680. The molecule has 0 saturated heterocycles. The highest BCUT2D eigenvalue weighted by Crippen LogP contribution is 2.52. The molecule has 11 nitrogen and oxygen atoms in total. The molecular weight excluding hydrogens is 580 g/mol. The molecule has 5 rings (SSSR count). The number of carbonyl (C=O) groups excluding carboxylic acids is 2. The molecule has 0 bridgehead atoms. The van der Waals surface area contributed by atoms with E-state index in [0.29, 0.717) is 68.1 Å². The van der Waals surface area contributed by atoms with Gasteiger partial charge in [0.05, 0.1) is 76.3 Å². The van der Waals surface area contributed by atoms with E-state index in [4.69, 9.17) is 28.4 Å². The Morgan fingerprint density at radius 1 is 0.600 bits per heavy atom. The number of carbonyl (C=O) groups is 2. The third kappa shape index (κ3) is 5.13. The number of phenolic OH excluding ortho intramolecular Hbond substituents is 1. The summed E-state index contributed by atoms with van der Waals surface area (Å²) in [5, 5.41) is 17.4. The van der Waals surface area contributed by atoms with Crippen molar-refractivity contribution in [2.45, 2.75) is 26.2 Å². The lowest BCUT2D eigenvalue weighted by molar-refractivity contribution is -0.111. The van der Waals surface area contributed by atoms with E-state index in [2.05, 4.69) is 10.6 Å². The molecule has 2 heterocycles. The zero-order chi connectivity index (χ0) is 32.8. The van der Waals surface area contributed by atoms with Crippen LogP contribution in [0, 0.1) is 0 Å². The van der Waals surface area contributed by atoms with Crippen LogP contribution in [-0.2, 0) is 15.0 Å². The van der Waals surface area contributed by atoms with Gasteiger partial charge in [-0.25, -0.2) is 0 Å².